The third kappa shape index (κ3) is 4.41. The summed E-state index contributed by atoms with van der Waals surface area (Å²) >= 11 is 0. The lowest BCUT2D eigenvalue weighted by Gasteiger charge is -2.34. The Morgan fingerprint density at radius 1 is 1.27 bits per heavy atom. The van der Waals surface area contributed by atoms with Gasteiger partial charge in [-0.15, -0.1) is 0 Å². The largest absolute Gasteiger partial charge is 0.298 e. The topological polar surface area (TPSA) is 3.24 Å². The maximum atomic E-state index is 3.93. The Labute approximate surface area is 71.8 Å². The highest BCUT2D eigenvalue weighted by molar-refractivity contribution is 4.76. The third-order valence-corrected chi connectivity index (χ3v) is 2.00. The van der Waals surface area contributed by atoms with Crippen LogP contribution in [-0.4, -0.2) is 23.5 Å². The highest BCUT2D eigenvalue weighted by Gasteiger charge is 2.17. The molecule has 11 heavy (non-hydrogen) atoms. The van der Waals surface area contributed by atoms with E-state index in [2.05, 4.69) is 39.5 Å². The molecule has 0 atom stereocenters. The normalized spacial score (nSPS) is 12.5. The zero-order chi connectivity index (χ0) is 8.91. The van der Waals surface area contributed by atoms with Gasteiger partial charge < -0.3 is 0 Å². The van der Waals surface area contributed by atoms with E-state index < -0.39 is 0 Å². The van der Waals surface area contributed by atoms with Gasteiger partial charge in [0.15, 0.2) is 0 Å². The number of nitrogens with zero attached hydrogens (tertiary/aromatic N) is 1. The predicted molar refractivity (Wildman–Crippen MR) is 51.6 cm³/mol. The average molecular weight is 156 g/mol. The van der Waals surface area contributed by atoms with Gasteiger partial charge in [-0.25, -0.2) is 0 Å². The number of unbranched alkanes of at least 4 members (excludes halogenated alkanes) is 1. The summed E-state index contributed by atoms with van der Waals surface area (Å²) in [5.74, 6) is 0. The summed E-state index contributed by atoms with van der Waals surface area (Å²) < 4.78 is 0. The molecular formula is C10H22N. The first-order valence-corrected chi connectivity index (χ1v) is 4.56. The smallest absolute Gasteiger partial charge is 0.0125 e. The molecule has 1 radical (unpaired) electrons. The Balaban J connectivity index is 3.76. The molecule has 0 aliphatic rings. The monoisotopic (exact) mass is 156 g/mol. The molecule has 0 aromatic carbocycles. The fraction of sp³-hybridized carbons (Fsp3) is 0.900. The molecule has 67 valence electrons. The second-order valence-corrected chi connectivity index (χ2v) is 4.01. The zero-order valence-electron chi connectivity index (χ0n) is 8.48. The van der Waals surface area contributed by atoms with Crippen LogP contribution in [0.5, 0.6) is 0 Å². The van der Waals surface area contributed by atoms with Gasteiger partial charge in [-0.05, 0) is 47.2 Å². The minimum absolute atomic E-state index is 0.289. The number of rotatable bonds is 4. The molecule has 1 nitrogen and oxygen atoms in total. The highest BCUT2D eigenvalue weighted by atomic mass is 15.2. The van der Waals surface area contributed by atoms with Crippen LogP contribution in [0.1, 0.15) is 40.5 Å². The number of hydrogen-bond donors (Lipinski definition) is 0. The van der Waals surface area contributed by atoms with E-state index in [0.717, 1.165) is 6.54 Å². The highest BCUT2D eigenvalue weighted by Crippen LogP contribution is 2.12. The van der Waals surface area contributed by atoms with Crippen LogP contribution in [0.25, 0.3) is 0 Å². The maximum Gasteiger partial charge on any atom is 0.0125 e. The van der Waals surface area contributed by atoms with Crippen molar-refractivity contribution in [2.24, 2.45) is 0 Å². The lowest BCUT2D eigenvalue weighted by atomic mass is 10.1. The van der Waals surface area contributed by atoms with E-state index in [-0.39, 0.29) is 5.54 Å². The molecule has 0 fully saturated rings. The van der Waals surface area contributed by atoms with Crippen molar-refractivity contribution in [3.63, 3.8) is 0 Å². The lowest BCUT2D eigenvalue weighted by Crippen LogP contribution is -2.41. The molecule has 0 N–H and O–H groups in total. The summed E-state index contributed by atoms with van der Waals surface area (Å²) in [5.41, 5.74) is 0.289. The van der Waals surface area contributed by atoms with Crippen molar-refractivity contribution in [1.29, 1.82) is 0 Å². The Kier molecular flexibility index (Phi) is 4.74. The molecule has 0 aliphatic heterocycles. The summed E-state index contributed by atoms with van der Waals surface area (Å²) in [6, 6.07) is 0. The van der Waals surface area contributed by atoms with Gasteiger partial charge >= 0.3 is 0 Å². The van der Waals surface area contributed by atoms with Crippen LogP contribution in [0.15, 0.2) is 0 Å². The van der Waals surface area contributed by atoms with E-state index in [1.54, 1.807) is 0 Å². The van der Waals surface area contributed by atoms with Gasteiger partial charge in [-0.2, -0.15) is 0 Å². The minimum atomic E-state index is 0.289. The van der Waals surface area contributed by atoms with Crippen molar-refractivity contribution >= 4 is 0 Å². The molecule has 0 heterocycles. The molecule has 0 saturated carbocycles. The summed E-state index contributed by atoms with van der Waals surface area (Å²) in [7, 11) is 0. The molecule has 0 saturated heterocycles. The van der Waals surface area contributed by atoms with Gasteiger partial charge in [0.25, 0.3) is 0 Å². The van der Waals surface area contributed by atoms with Crippen molar-refractivity contribution in [2.75, 3.05) is 13.1 Å². The molecule has 0 unspecified atom stereocenters. The van der Waals surface area contributed by atoms with E-state index in [1.807, 2.05) is 0 Å². The van der Waals surface area contributed by atoms with Crippen molar-refractivity contribution in [2.45, 2.75) is 46.1 Å². The van der Waals surface area contributed by atoms with Gasteiger partial charge in [-0.1, -0.05) is 13.3 Å². The second kappa shape index (κ2) is 4.76. The van der Waals surface area contributed by atoms with Crippen molar-refractivity contribution < 1.29 is 0 Å². The van der Waals surface area contributed by atoms with Crippen LogP contribution in [0.2, 0.25) is 0 Å². The van der Waals surface area contributed by atoms with E-state index in [9.17, 15) is 0 Å². The summed E-state index contributed by atoms with van der Waals surface area (Å²) in [5, 5.41) is 0. The van der Waals surface area contributed by atoms with E-state index in [1.165, 1.54) is 19.4 Å². The van der Waals surface area contributed by atoms with Gasteiger partial charge in [0.2, 0.25) is 0 Å². The fourth-order valence-corrected chi connectivity index (χ4v) is 1.13. The molecule has 0 spiro atoms. The van der Waals surface area contributed by atoms with Crippen LogP contribution in [0.4, 0.5) is 0 Å². The van der Waals surface area contributed by atoms with Crippen LogP contribution in [-0.2, 0) is 0 Å². The molecule has 0 aromatic heterocycles. The van der Waals surface area contributed by atoms with Crippen LogP contribution in [0.3, 0.4) is 0 Å². The first-order valence-electron chi connectivity index (χ1n) is 4.56. The molecular weight excluding hydrogens is 134 g/mol. The Hall–Kier alpha value is -0.0400. The van der Waals surface area contributed by atoms with Crippen molar-refractivity contribution in [1.82, 2.24) is 4.90 Å². The van der Waals surface area contributed by atoms with Gasteiger partial charge in [0, 0.05) is 5.54 Å². The summed E-state index contributed by atoms with van der Waals surface area (Å²) in [4.78, 5) is 2.41. The Bertz CT molecular complexity index is 91.5. The molecule has 0 aliphatic carbocycles. The van der Waals surface area contributed by atoms with E-state index in [0.29, 0.717) is 0 Å². The summed E-state index contributed by atoms with van der Waals surface area (Å²) in [6.07, 6.45) is 2.55. The fourth-order valence-electron chi connectivity index (χ4n) is 1.13. The predicted octanol–water partition coefficient (Wildman–Crippen LogP) is 2.72. The first kappa shape index (κ1) is 11.0. The van der Waals surface area contributed by atoms with Crippen molar-refractivity contribution in [3.05, 3.63) is 6.92 Å². The Morgan fingerprint density at radius 2 is 1.82 bits per heavy atom. The minimum Gasteiger partial charge on any atom is -0.298 e. The SMILES string of the molecule is [CH2]CN(CCCC)C(C)(C)C. The van der Waals surface area contributed by atoms with Crippen LogP contribution < -0.4 is 0 Å². The van der Waals surface area contributed by atoms with Gasteiger partial charge in [0.05, 0.1) is 0 Å². The maximum absolute atomic E-state index is 3.93. The van der Waals surface area contributed by atoms with Gasteiger partial charge in [-0.3, -0.25) is 4.90 Å². The zero-order valence-corrected chi connectivity index (χ0v) is 8.48. The number of hydrogen-bond acceptors (Lipinski definition) is 1. The molecule has 0 bridgehead atoms. The molecule has 0 rings (SSSR count). The second-order valence-electron chi connectivity index (χ2n) is 4.01. The van der Waals surface area contributed by atoms with Crippen LogP contribution in [0, 0.1) is 6.92 Å². The summed E-state index contributed by atoms with van der Waals surface area (Å²) in [6.45, 7) is 15.0. The first-order chi connectivity index (χ1) is 5.02. The van der Waals surface area contributed by atoms with Gasteiger partial charge in [0.1, 0.15) is 0 Å². The lowest BCUT2D eigenvalue weighted by molar-refractivity contribution is 0.151. The Morgan fingerprint density at radius 3 is 2.09 bits per heavy atom. The van der Waals surface area contributed by atoms with Crippen LogP contribution >= 0.6 is 0 Å². The molecule has 0 aromatic rings. The van der Waals surface area contributed by atoms with E-state index >= 15 is 0 Å². The average Bonchev–Trinajstić information content (AvgIpc) is 1.87. The standard InChI is InChI=1S/C10H22N/c1-6-8-9-11(7-2)10(3,4)5/h2,6-9H2,1,3-5H3. The third-order valence-electron chi connectivity index (χ3n) is 2.00. The molecule has 1 heteroatoms. The van der Waals surface area contributed by atoms with Crippen molar-refractivity contribution in [3.8, 4) is 0 Å². The molecule has 0 amide bonds. The van der Waals surface area contributed by atoms with E-state index in [4.69, 9.17) is 0 Å². The quantitative estimate of drug-likeness (QED) is 0.605.